The molecule has 1 aromatic heterocycles. The molecule has 0 fully saturated rings. The number of hydrogen-bond acceptors (Lipinski definition) is 3. The summed E-state index contributed by atoms with van der Waals surface area (Å²) in [6, 6.07) is 9.15. The third-order valence-corrected chi connectivity index (χ3v) is 4.88. The number of rotatable bonds is 8. The van der Waals surface area contributed by atoms with E-state index >= 15 is 0 Å². The van der Waals surface area contributed by atoms with Crippen LogP contribution in [-0.2, 0) is 15.0 Å². The number of anilines is 1. The summed E-state index contributed by atoms with van der Waals surface area (Å²) in [5, 5.41) is 8.25. The van der Waals surface area contributed by atoms with Crippen molar-refractivity contribution in [3.8, 4) is 5.69 Å². The van der Waals surface area contributed by atoms with E-state index in [2.05, 4.69) is 31.2 Å². The molecule has 2 amide bonds. The first-order valence-corrected chi connectivity index (χ1v) is 10.5. The van der Waals surface area contributed by atoms with Crippen molar-refractivity contribution in [3.63, 3.8) is 0 Å². The fraction of sp³-hybridized carbons (Fsp3) is 0.500. The van der Waals surface area contributed by atoms with Gasteiger partial charge in [0.2, 0.25) is 11.8 Å². The van der Waals surface area contributed by atoms with Crippen molar-refractivity contribution in [3.05, 3.63) is 41.0 Å². The van der Waals surface area contributed by atoms with Gasteiger partial charge in [0.05, 0.1) is 17.9 Å². The largest absolute Gasteiger partial charge is 0.334 e. The number of benzene rings is 1. The highest BCUT2D eigenvalue weighted by Crippen LogP contribution is 2.26. The van der Waals surface area contributed by atoms with Gasteiger partial charge in [0, 0.05) is 29.5 Å². The van der Waals surface area contributed by atoms with E-state index in [0.29, 0.717) is 23.8 Å². The molecule has 158 valence electrons. The molecule has 2 aromatic rings. The molecule has 0 spiro atoms. The van der Waals surface area contributed by atoms with Gasteiger partial charge in [-0.25, -0.2) is 4.68 Å². The zero-order valence-electron chi connectivity index (χ0n) is 18.0. The minimum Gasteiger partial charge on any atom is -0.334 e. The van der Waals surface area contributed by atoms with Gasteiger partial charge in [0.15, 0.2) is 0 Å². The van der Waals surface area contributed by atoms with Crippen LogP contribution in [0.4, 0.5) is 5.82 Å². The van der Waals surface area contributed by atoms with Crippen molar-refractivity contribution in [2.24, 2.45) is 0 Å². The Hall–Kier alpha value is -2.34. The Kier molecular flexibility index (Phi) is 7.85. The lowest BCUT2D eigenvalue weighted by molar-refractivity contribution is -0.134. The smallest absolute Gasteiger partial charge is 0.245 e. The van der Waals surface area contributed by atoms with Crippen LogP contribution in [0.3, 0.4) is 0 Å². The summed E-state index contributed by atoms with van der Waals surface area (Å²) in [6.07, 6.45) is 2.25. The van der Waals surface area contributed by atoms with E-state index in [1.165, 1.54) is 0 Å². The number of carbonyl (C=O) groups is 2. The number of amides is 2. The molecule has 0 aliphatic carbocycles. The van der Waals surface area contributed by atoms with Crippen molar-refractivity contribution >= 4 is 29.2 Å². The predicted octanol–water partition coefficient (Wildman–Crippen LogP) is 4.80. The lowest BCUT2D eigenvalue weighted by atomic mass is 9.92. The molecule has 0 saturated carbocycles. The van der Waals surface area contributed by atoms with Crippen LogP contribution in [0.2, 0.25) is 5.02 Å². The zero-order chi connectivity index (χ0) is 21.6. The van der Waals surface area contributed by atoms with Gasteiger partial charge < -0.3 is 10.2 Å². The number of carbonyl (C=O) groups excluding carboxylic acids is 2. The first kappa shape index (κ1) is 22.9. The molecule has 1 N–H and O–H groups in total. The number of nitrogens with zero attached hydrogens (tertiary/aromatic N) is 3. The quantitative estimate of drug-likeness (QED) is 0.669. The average Bonchev–Trinajstić information content (AvgIpc) is 3.08. The molecule has 7 heteroatoms. The number of unbranched alkanes of at least 4 members (excludes halogenated alkanes) is 1. The highest BCUT2D eigenvalue weighted by Gasteiger charge is 2.22. The zero-order valence-corrected chi connectivity index (χ0v) is 18.7. The second kappa shape index (κ2) is 9.92. The molecule has 2 rings (SSSR count). The minimum atomic E-state index is -0.243. The van der Waals surface area contributed by atoms with Gasteiger partial charge in [-0.1, -0.05) is 45.7 Å². The van der Waals surface area contributed by atoms with E-state index in [1.807, 2.05) is 32.0 Å². The fourth-order valence-electron chi connectivity index (χ4n) is 2.83. The van der Waals surface area contributed by atoms with Crippen molar-refractivity contribution in [1.82, 2.24) is 14.7 Å². The van der Waals surface area contributed by atoms with Gasteiger partial charge in [-0.05, 0) is 37.6 Å². The van der Waals surface area contributed by atoms with Crippen molar-refractivity contribution < 1.29 is 9.59 Å². The van der Waals surface area contributed by atoms with Gasteiger partial charge >= 0.3 is 0 Å². The monoisotopic (exact) mass is 418 g/mol. The Labute approximate surface area is 178 Å². The third kappa shape index (κ3) is 6.32. The van der Waals surface area contributed by atoms with E-state index in [-0.39, 0.29) is 23.8 Å². The maximum absolute atomic E-state index is 12.7. The van der Waals surface area contributed by atoms with Crippen LogP contribution in [0.5, 0.6) is 0 Å². The van der Waals surface area contributed by atoms with Gasteiger partial charge in [0.1, 0.15) is 5.82 Å². The average molecular weight is 419 g/mol. The summed E-state index contributed by atoms with van der Waals surface area (Å²) < 4.78 is 1.70. The van der Waals surface area contributed by atoms with Crippen LogP contribution >= 0.6 is 11.6 Å². The molecule has 0 bridgehead atoms. The van der Waals surface area contributed by atoms with Crippen molar-refractivity contribution in [2.75, 3.05) is 18.4 Å². The number of nitrogens with one attached hydrogen (secondary N) is 1. The van der Waals surface area contributed by atoms with Crippen LogP contribution in [-0.4, -0.2) is 39.6 Å². The molecular formula is C22H31ClN4O2. The number of halogens is 1. The van der Waals surface area contributed by atoms with Gasteiger partial charge in [-0.15, -0.1) is 0 Å². The Morgan fingerprint density at radius 3 is 2.38 bits per heavy atom. The van der Waals surface area contributed by atoms with Crippen LogP contribution in [0.25, 0.3) is 5.69 Å². The lowest BCUT2D eigenvalue weighted by Gasteiger charge is -2.20. The topological polar surface area (TPSA) is 67.2 Å². The summed E-state index contributed by atoms with van der Waals surface area (Å²) >= 11 is 6.00. The molecular weight excluding hydrogens is 388 g/mol. The highest BCUT2D eigenvalue weighted by atomic mass is 35.5. The minimum absolute atomic E-state index is 0.00564. The van der Waals surface area contributed by atoms with Gasteiger partial charge in [-0.3, -0.25) is 9.59 Å². The molecule has 0 aliphatic heterocycles. The summed E-state index contributed by atoms with van der Waals surface area (Å²) in [5.41, 5.74) is 1.48. The SMILES string of the molecule is CCCCC(=O)N(CC)CC(=O)Nc1cc(C(C)(C)C)nn1-c1ccc(Cl)cc1. The molecule has 1 aromatic carbocycles. The van der Waals surface area contributed by atoms with Crippen LogP contribution in [0.1, 0.15) is 59.6 Å². The van der Waals surface area contributed by atoms with E-state index in [9.17, 15) is 9.59 Å². The second-order valence-electron chi connectivity index (χ2n) is 8.11. The summed E-state index contributed by atoms with van der Waals surface area (Å²) in [4.78, 5) is 26.6. The standard InChI is InChI=1S/C22H31ClN4O2/c1-6-8-9-21(29)26(7-2)15-20(28)24-19-14-18(22(3,4)5)25-27(19)17-12-10-16(23)11-13-17/h10-14H,6-9,15H2,1-5H3,(H,24,28). The summed E-state index contributed by atoms with van der Waals surface area (Å²) in [6.45, 7) is 10.7. The van der Waals surface area contributed by atoms with E-state index in [1.54, 1.807) is 21.7 Å². The molecule has 0 saturated heterocycles. The number of hydrogen-bond donors (Lipinski definition) is 1. The predicted molar refractivity (Wildman–Crippen MR) is 118 cm³/mol. The molecule has 0 radical (unpaired) electrons. The maximum Gasteiger partial charge on any atom is 0.245 e. The molecule has 0 aliphatic rings. The number of likely N-dealkylation sites (N-methyl/N-ethyl adjacent to an activating group) is 1. The van der Waals surface area contributed by atoms with Crippen LogP contribution in [0.15, 0.2) is 30.3 Å². The van der Waals surface area contributed by atoms with Crippen molar-refractivity contribution in [1.29, 1.82) is 0 Å². The third-order valence-electron chi connectivity index (χ3n) is 4.63. The van der Waals surface area contributed by atoms with E-state index < -0.39 is 0 Å². The summed E-state index contributed by atoms with van der Waals surface area (Å²) in [7, 11) is 0. The molecule has 0 unspecified atom stereocenters. The molecule has 29 heavy (non-hydrogen) atoms. The van der Waals surface area contributed by atoms with Gasteiger partial charge in [0.25, 0.3) is 0 Å². The molecule has 6 nitrogen and oxygen atoms in total. The highest BCUT2D eigenvalue weighted by molar-refractivity contribution is 6.30. The normalized spacial score (nSPS) is 11.4. The van der Waals surface area contributed by atoms with E-state index in [4.69, 9.17) is 11.6 Å². The first-order valence-electron chi connectivity index (χ1n) is 10.1. The Bertz CT molecular complexity index is 837. The Morgan fingerprint density at radius 2 is 1.83 bits per heavy atom. The van der Waals surface area contributed by atoms with Crippen LogP contribution < -0.4 is 5.32 Å². The number of aromatic nitrogens is 2. The lowest BCUT2D eigenvalue weighted by Crippen LogP contribution is -2.38. The Morgan fingerprint density at radius 1 is 1.17 bits per heavy atom. The molecule has 0 atom stereocenters. The summed E-state index contributed by atoms with van der Waals surface area (Å²) in [5.74, 6) is 0.331. The first-order chi connectivity index (χ1) is 13.7. The molecule has 1 heterocycles. The van der Waals surface area contributed by atoms with E-state index in [0.717, 1.165) is 24.2 Å². The van der Waals surface area contributed by atoms with Crippen molar-refractivity contribution in [2.45, 2.75) is 59.3 Å². The van der Waals surface area contributed by atoms with Crippen LogP contribution in [0, 0.1) is 0 Å². The maximum atomic E-state index is 12.7. The second-order valence-corrected chi connectivity index (χ2v) is 8.55. The van der Waals surface area contributed by atoms with Gasteiger partial charge in [-0.2, -0.15) is 5.10 Å². The Balaban J connectivity index is 2.24. The fourth-order valence-corrected chi connectivity index (χ4v) is 2.96.